The van der Waals surface area contributed by atoms with Gasteiger partial charge in [-0.3, -0.25) is 10.8 Å². The van der Waals surface area contributed by atoms with Crippen molar-refractivity contribution in [1.82, 2.24) is 0 Å². The van der Waals surface area contributed by atoms with Crippen LogP contribution in [0.2, 0.25) is 0 Å². The number of rotatable bonds is 4. The van der Waals surface area contributed by atoms with E-state index in [1.807, 2.05) is 36.4 Å². The van der Waals surface area contributed by atoms with Gasteiger partial charge in [0, 0.05) is 18.9 Å². The molecular formula is C21H24N2O5. The van der Waals surface area contributed by atoms with E-state index in [1.165, 1.54) is 6.92 Å². The van der Waals surface area contributed by atoms with Gasteiger partial charge in [-0.05, 0) is 34.9 Å². The summed E-state index contributed by atoms with van der Waals surface area (Å²) in [6, 6.07) is 14.6. The molecule has 28 heavy (non-hydrogen) atoms. The van der Waals surface area contributed by atoms with Crippen molar-refractivity contribution in [2.75, 3.05) is 6.61 Å². The topological polar surface area (TPSA) is 127 Å². The van der Waals surface area contributed by atoms with E-state index in [2.05, 4.69) is 0 Å². The quantitative estimate of drug-likeness (QED) is 0.408. The highest BCUT2D eigenvalue weighted by Gasteiger charge is 2.37. The molecule has 1 heterocycles. The molecular weight excluding hydrogens is 360 g/mol. The van der Waals surface area contributed by atoms with Gasteiger partial charge >= 0.3 is 0 Å². The lowest BCUT2D eigenvalue weighted by Crippen LogP contribution is -2.44. The SMILES string of the molecule is CC(=N)OC(=N)c1ccc(-c2cccc([C@H]3OC(CO)CC(O)C3O)c2)cc1. The van der Waals surface area contributed by atoms with Gasteiger partial charge in [0.05, 0.1) is 18.8 Å². The highest BCUT2D eigenvalue weighted by atomic mass is 16.5. The molecule has 0 aromatic heterocycles. The maximum absolute atomic E-state index is 10.3. The molecule has 3 rings (SSSR count). The second-order valence-electron chi connectivity index (χ2n) is 6.85. The lowest BCUT2D eigenvalue weighted by Gasteiger charge is -2.37. The molecule has 1 aliphatic heterocycles. The average molecular weight is 384 g/mol. The van der Waals surface area contributed by atoms with E-state index in [1.54, 1.807) is 12.1 Å². The lowest BCUT2D eigenvalue weighted by atomic mass is 9.91. The van der Waals surface area contributed by atoms with Gasteiger partial charge in [-0.1, -0.05) is 30.3 Å². The smallest absolute Gasteiger partial charge is 0.220 e. The fourth-order valence-electron chi connectivity index (χ4n) is 3.27. The van der Waals surface area contributed by atoms with Crippen molar-refractivity contribution < 1.29 is 24.8 Å². The fourth-order valence-corrected chi connectivity index (χ4v) is 3.27. The summed E-state index contributed by atoms with van der Waals surface area (Å²) in [7, 11) is 0. The summed E-state index contributed by atoms with van der Waals surface area (Å²) in [5.41, 5.74) is 3.05. The van der Waals surface area contributed by atoms with E-state index in [0.29, 0.717) is 11.1 Å². The summed E-state index contributed by atoms with van der Waals surface area (Å²) in [4.78, 5) is 0. The summed E-state index contributed by atoms with van der Waals surface area (Å²) in [6.07, 6.45) is -3.07. The molecule has 4 atom stereocenters. The Bertz CT molecular complexity index is 852. The third-order valence-corrected chi connectivity index (χ3v) is 4.70. The molecule has 0 spiro atoms. The summed E-state index contributed by atoms with van der Waals surface area (Å²) >= 11 is 0. The van der Waals surface area contributed by atoms with E-state index in [0.717, 1.165) is 11.1 Å². The molecule has 148 valence electrons. The van der Waals surface area contributed by atoms with Crippen LogP contribution < -0.4 is 0 Å². The summed E-state index contributed by atoms with van der Waals surface area (Å²) in [5, 5.41) is 44.9. The van der Waals surface area contributed by atoms with Gasteiger partial charge in [0.15, 0.2) is 5.90 Å². The molecule has 2 aromatic rings. The van der Waals surface area contributed by atoms with E-state index in [4.69, 9.17) is 20.3 Å². The molecule has 1 aliphatic rings. The van der Waals surface area contributed by atoms with Gasteiger partial charge in [-0.2, -0.15) is 0 Å². The normalized spacial score (nSPS) is 24.6. The number of hydrogen-bond donors (Lipinski definition) is 5. The second kappa shape index (κ2) is 8.62. The number of benzene rings is 2. The maximum atomic E-state index is 10.3. The first-order chi connectivity index (χ1) is 13.4. The average Bonchev–Trinajstić information content (AvgIpc) is 2.69. The number of hydrogen-bond acceptors (Lipinski definition) is 7. The minimum atomic E-state index is -1.07. The highest BCUT2D eigenvalue weighted by molar-refractivity contribution is 5.98. The third-order valence-electron chi connectivity index (χ3n) is 4.70. The molecule has 5 N–H and O–H groups in total. The number of ether oxygens (including phenoxy) is 2. The Morgan fingerprint density at radius 2 is 1.82 bits per heavy atom. The Kier molecular flexibility index (Phi) is 6.21. The Balaban J connectivity index is 1.83. The fraction of sp³-hybridized carbons (Fsp3) is 0.333. The Labute approximate surface area is 163 Å². The zero-order valence-electron chi connectivity index (χ0n) is 15.5. The van der Waals surface area contributed by atoms with Gasteiger partial charge in [-0.25, -0.2) is 0 Å². The molecule has 7 nitrogen and oxygen atoms in total. The molecule has 0 bridgehead atoms. The molecule has 0 aliphatic carbocycles. The molecule has 2 aromatic carbocycles. The highest BCUT2D eigenvalue weighted by Crippen LogP contribution is 2.34. The molecule has 3 unspecified atom stereocenters. The second-order valence-corrected chi connectivity index (χ2v) is 6.85. The summed E-state index contributed by atoms with van der Waals surface area (Å²) < 4.78 is 10.8. The van der Waals surface area contributed by atoms with Gasteiger partial charge in [0.2, 0.25) is 5.90 Å². The van der Waals surface area contributed by atoms with Crippen molar-refractivity contribution in [1.29, 1.82) is 10.8 Å². The van der Waals surface area contributed by atoms with E-state index in [-0.39, 0.29) is 24.8 Å². The van der Waals surface area contributed by atoms with Gasteiger partial charge in [0.1, 0.15) is 12.2 Å². The standard InChI is InChI=1S/C21H24N2O5/c1-12(22)27-21(23)14-7-5-13(6-8-14)15-3-2-4-16(9-15)20-19(26)18(25)10-17(11-24)28-20/h2-9,17-20,22-26H,10-11H2,1H3/t17?,18?,19?,20-/m1/s1. The maximum Gasteiger partial charge on any atom is 0.220 e. The van der Waals surface area contributed by atoms with Crippen LogP contribution in [0.3, 0.4) is 0 Å². The predicted octanol–water partition coefficient (Wildman–Crippen LogP) is 2.24. The minimum Gasteiger partial charge on any atom is -0.426 e. The Hall–Kier alpha value is -2.58. The minimum absolute atomic E-state index is 0.0452. The van der Waals surface area contributed by atoms with Crippen LogP contribution in [0.15, 0.2) is 48.5 Å². The zero-order valence-corrected chi connectivity index (χ0v) is 15.5. The lowest BCUT2D eigenvalue weighted by molar-refractivity contribution is -0.179. The van der Waals surface area contributed by atoms with Crippen LogP contribution >= 0.6 is 0 Å². The first-order valence-corrected chi connectivity index (χ1v) is 9.04. The first kappa shape index (κ1) is 20.2. The van der Waals surface area contributed by atoms with Gasteiger partial charge in [-0.15, -0.1) is 0 Å². The number of nitrogens with one attached hydrogen (secondary N) is 2. The molecule has 0 saturated carbocycles. The van der Waals surface area contributed by atoms with E-state index >= 15 is 0 Å². The van der Waals surface area contributed by atoms with Gasteiger partial charge < -0.3 is 24.8 Å². The predicted molar refractivity (Wildman–Crippen MR) is 105 cm³/mol. The number of aliphatic hydroxyl groups is 3. The van der Waals surface area contributed by atoms with Crippen molar-refractivity contribution in [2.45, 2.75) is 37.8 Å². The van der Waals surface area contributed by atoms with Crippen molar-refractivity contribution in [3.8, 4) is 11.1 Å². The molecule has 1 saturated heterocycles. The monoisotopic (exact) mass is 384 g/mol. The zero-order chi connectivity index (χ0) is 20.3. The Morgan fingerprint density at radius 1 is 1.11 bits per heavy atom. The van der Waals surface area contributed by atoms with Crippen LogP contribution in [0.5, 0.6) is 0 Å². The third kappa shape index (κ3) is 4.45. The summed E-state index contributed by atoms with van der Waals surface area (Å²) in [6.45, 7) is 1.25. The molecule has 1 fully saturated rings. The van der Waals surface area contributed by atoms with Crippen LogP contribution in [-0.2, 0) is 9.47 Å². The van der Waals surface area contributed by atoms with Crippen LogP contribution in [0, 0.1) is 10.8 Å². The van der Waals surface area contributed by atoms with Crippen LogP contribution in [0.4, 0.5) is 0 Å². The van der Waals surface area contributed by atoms with Crippen molar-refractivity contribution in [2.24, 2.45) is 0 Å². The molecule has 7 heteroatoms. The van der Waals surface area contributed by atoms with Crippen LogP contribution in [0.25, 0.3) is 11.1 Å². The first-order valence-electron chi connectivity index (χ1n) is 9.04. The van der Waals surface area contributed by atoms with Crippen molar-refractivity contribution in [3.63, 3.8) is 0 Å². The molecule has 0 amide bonds. The number of aliphatic hydroxyl groups excluding tert-OH is 3. The van der Waals surface area contributed by atoms with E-state index in [9.17, 15) is 15.3 Å². The van der Waals surface area contributed by atoms with Gasteiger partial charge in [0.25, 0.3) is 0 Å². The largest absolute Gasteiger partial charge is 0.426 e. The van der Waals surface area contributed by atoms with Crippen LogP contribution in [0.1, 0.15) is 30.6 Å². The van der Waals surface area contributed by atoms with Crippen molar-refractivity contribution >= 4 is 11.8 Å². The summed E-state index contributed by atoms with van der Waals surface area (Å²) in [5.74, 6) is -0.133. The van der Waals surface area contributed by atoms with Crippen LogP contribution in [-0.4, -0.2) is 52.0 Å². The Morgan fingerprint density at radius 3 is 2.46 bits per heavy atom. The van der Waals surface area contributed by atoms with E-state index < -0.39 is 24.4 Å². The molecule has 0 radical (unpaired) electrons. The van der Waals surface area contributed by atoms with Crippen molar-refractivity contribution in [3.05, 3.63) is 59.7 Å².